The Morgan fingerprint density at radius 2 is 1.93 bits per heavy atom. The third-order valence-corrected chi connectivity index (χ3v) is 3.13. The predicted octanol–water partition coefficient (Wildman–Crippen LogP) is 3.20. The first-order valence-corrected chi connectivity index (χ1v) is 5.99. The van der Waals surface area contributed by atoms with Crippen LogP contribution in [0.15, 0.2) is 0 Å². The van der Waals surface area contributed by atoms with Crippen molar-refractivity contribution in [2.75, 3.05) is 0 Å². The van der Waals surface area contributed by atoms with Crippen LogP contribution in [-0.4, -0.2) is 18.0 Å². The molecule has 0 aromatic heterocycles. The predicted molar refractivity (Wildman–Crippen MR) is 61.8 cm³/mol. The van der Waals surface area contributed by atoms with Crippen LogP contribution in [0.4, 0.5) is 0 Å². The van der Waals surface area contributed by atoms with Crippen LogP contribution in [0.1, 0.15) is 53.9 Å². The molecule has 1 fully saturated rings. The lowest BCUT2D eigenvalue weighted by Crippen LogP contribution is -2.26. The van der Waals surface area contributed by atoms with E-state index in [2.05, 4.69) is 13.8 Å². The molecular formula is C13H24O2. The highest BCUT2D eigenvalue weighted by atomic mass is 16.5. The molecule has 1 aliphatic heterocycles. The van der Waals surface area contributed by atoms with Gasteiger partial charge in [0, 0.05) is 11.8 Å². The van der Waals surface area contributed by atoms with Crippen LogP contribution in [0.25, 0.3) is 0 Å². The van der Waals surface area contributed by atoms with E-state index < -0.39 is 0 Å². The summed E-state index contributed by atoms with van der Waals surface area (Å²) in [6, 6.07) is 0. The van der Waals surface area contributed by atoms with Crippen molar-refractivity contribution < 1.29 is 9.53 Å². The summed E-state index contributed by atoms with van der Waals surface area (Å²) in [4.78, 5) is 11.8. The number of carbonyl (C=O) groups is 1. The van der Waals surface area contributed by atoms with E-state index in [0.717, 1.165) is 12.8 Å². The van der Waals surface area contributed by atoms with Crippen LogP contribution >= 0.6 is 0 Å². The summed E-state index contributed by atoms with van der Waals surface area (Å²) in [5.41, 5.74) is -0.223. The minimum absolute atomic E-state index is 0.170. The van der Waals surface area contributed by atoms with E-state index >= 15 is 0 Å². The van der Waals surface area contributed by atoms with Gasteiger partial charge in [0.2, 0.25) is 0 Å². The van der Waals surface area contributed by atoms with Gasteiger partial charge < -0.3 is 4.74 Å². The van der Waals surface area contributed by atoms with E-state index in [9.17, 15) is 4.79 Å². The third-order valence-electron chi connectivity index (χ3n) is 3.13. The standard InChI is InChI=1S/C13H24O2/c1-9(2)11-7-6-10(15-11)8-12(14)13(3,4)5/h9-11H,6-8H2,1-5H3. The van der Waals surface area contributed by atoms with Crippen LogP contribution in [0, 0.1) is 11.3 Å². The average Bonchev–Trinajstić information content (AvgIpc) is 2.50. The maximum atomic E-state index is 11.8. The number of ketones is 1. The molecule has 15 heavy (non-hydrogen) atoms. The lowest BCUT2D eigenvalue weighted by molar-refractivity contribution is -0.129. The monoisotopic (exact) mass is 212 g/mol. The molecule has 1 saturated heterocycles. The molecule has 0 radical (unpaired) electrons. The second kappa shape index (κ2) is 4.65. The van der Waals surface area contributed by atoms with E-state index in [0.29, 0.717) is 24.2 Å². The zero-order chi connectivity index (χ0) is 11.6. The Labute approximate surface area is 93.4 Å². The molecular weight excluding hydrogens is 188 g/mol. The fourth-order valence-electron chi connectivity index (χ4n) is 1.89. The summed E-state index contributed by atoms with van der Waals surface area (Å²) in [6.07, 6.45) is 3.28. The van der Waals surface area contributed by atoms with Gasteiger partial charge in [-0.2, -0.15) is 0 Å². The lowest BCUT2D eigenvalue weighted by atomic mass is 9.87. The first kappa shape index (κ1) is 12.7. The van der Waals surface area contributed by atoms with E-state index in [1.165, 1.54) is 0 Å². The number of ether oxygens (including phenoxy) is 1. The number of hydrogen-bond donors (Lipinski definition) is 0. The molecule has 1 aliphatic rings. The lowest BCUT2D eigenvalue weighted by Gasteiger charge is -2.20. The molecule has 0 spiro atoms. The largest absolute Gasteiger partial charge is 0.374 e. The Bertz CT molecular complexity index is 225. The van der Waals surface area contributed by atoms with Crippen molar-refractivity contribution in [1.29, 1.82) is 0 Å². The SMILES string of the molecule is CC(C)C1CCC(CC(=O)C(C)(C)C)O1. The summed E-state index contributed by atoms with van der Waals surface area (Å²) < 4.78 is 5.87. The van der Waals surface area contributed by atoms with E-state index in [4.69, 9.17) is 4.74 Å². The summed E-state index contributed by atoms with van der Waals surface area (Å²) >= 11 is 0. The Balaban J connectivity index is 2.40. The van der Waals surface area contributed by atoms with Crippen molar-refractivity contribution in [3.05, 3.63) is 0 Å². The molecule has 2 nitrogen and oxygen atoms in total. The van der Waals surface area contributed by atoms with Crippen LogP contribution in [0.2, 0.25) is 0 Å². The summed E-state index contributed by atoms with van der Waals surface area (Å²) in [5, 5.41) is 0. The van der Waals surface area contributed by atoms with Gasteiger partial charge >= 0.3 is 0 Å². The second-order valence-electron chi connectivity index (χ2n) is 6.00. The molecule has 0 aliphatic carbocycles. The maximum Gasteiger partial charge on any atom is 0.140 e. The first-order valence-electron chi connectivity index (χ1n) is 5.99. The highest BCUT2D eigenvalue weighted by molar-refractivity contribution is 5.84. The first-order chi connectivity index (χ1) is 6.80. The van der Waals surface area contributed by atoms with Gasteiger partial charge in [-0.25, -0.2) is 0 Å². The van der Waals surface area contributed by atoms with Gasteiger partial charge in [0.25, 0.3) is 0 Å². The van der Waals surface area contributed by atoms with Gasteiger partial charge in [-0.3, -0.25) is 4.79 Å². The summed E-state index contributed by atoms with van der Waals surface area (Å²) in [6.45, 7) is 10.3. The van der Waals surface area contributed by atoms with Gasteiger partial charge in [-0.05, 0) is 18.8 Å². The van der Waals surface area contributed by atoms with E-state index in [-0.39, 0.29) is 11.5 Å². The number of Topliss-reactive ketones (excluding diaryl/α,β-unsaturated/α-hetero) is 1. The number of hydrogen-bond acceptors (Lipinski definition) is 2. The summed E-state index contributed by atoms with van der Waals surface area (Å²) in [7, 11) is 0. The molecule has 1 heterocycles. The van der Waals surface area contributed by atoms with Crippen molar-refractivity contribution >= 4 is 5.78 Å². The van der Waals surface area contributed by atoms with E-state index in [1.54, 1.807) is 0 Å². The molecule has 2 heteroatoms. The van der Waals surface area contributed by atoms with Crippen molar-refractivity contribution in [3.63, 3.8) is 0 Å². The van der Waals surface area contributed by atoms with Crippen molar-refractivity contribution in [3.8, 4) is 0 Å². The minimum atomic E-state index is -0.223. The zero-order valence-electron chi connectivity index (χ0n) is 10.7. The summed E-state index contributed by atoms with van der Waals surface area (Å²) in [5.74, 6) is 0.886. The molecule has 0 bridgehead atoms. The average molecular weight is 212 g/mol. The van der Waals surface area contributed by atoms with Gasteiger partial charge in [0.05, 0.1) is 12.2 Å². The Morgan fingerprint density at radius 3 is 2.33 bits per heavy atom. The van der Waals surface area contributed by atoms with Gasteiger partial charge in [-0.15, -0.1) is 0 Å². The molecule has 0 aromatic carbocycles. The normalized spacial score (nSPS) is 27.3. The maximum absolute atomic E-state index is 11.8. The quantitative estimate of drug-likeness (QED) is 0.718. The minimum Gasteiger partial charge on any atom is -0.374 e. The fourth-order valence-corrected chi connectivity index (χ4v) is 1.89. The van der Waals surface area contributed by atoms with Crippen LogP contribution < -0.4 is 0 Å². The number of carbonyl (C=O) groups excluding carboxylic acids is 1. The topological polar surface area (TPSA) is 26.3 Å². The number of rotatable bonds is 3. The van der Waals surface area contributed by atoms with Crippen molar-refractivity contribution in [2.24, 2.45) is 11.3 Å². The van der Waals surface area contributed by atoms with Gasteiger partial charge in [0.1, 0.15) is 5.78 Å². The molecule has 1 rings (SSSR count). The molecule has 0 amide bonds. The van der Waals surface area contributed by atoms with E-state index in [1.807, 2.05) is 20.8 Å². The van der Waals surface area contributed by atoms with Gasteiger partial charge in [-0.1, -0.05) is 34.6 Å². The molecule has 2 atom stereocenters. The van der Waals surface area contributed by atoms with Crippen molar-refractivity contribution in [1.82, 2.24) is 0 Å². The molecule has 88 valence electrons. The highest BCUT2D eigenvalue weighted by Crippen LogP contribution is 2.29. The Kier molecular flexibility index (Phi) is 3.93. The Hall–Kier alpha value is -0.370. The Morgan fingerprint density at radius 1 is 1.33 bits per heavy atom. The molecule has 0 aromatic rings. The molecule has 2 unspecified atom stereocenters. The zero-order valence-corrected chi connectivity index (χ0v) is 10.7. The molecule has 0 N–H and O–H groups in total. The van der Waals surface area contributed by atoms with Crippen LogP contribution in [-0.2, 0) is 9.53 Å². The van der Waals surface area contributed by atoms with Gasteiger partial charge in [0.15, 0.2) is 0 Å². The smallest absolute Gasteiger partial charge is 0.140 e. The second-order valence-corrected chi connectivity index (χ2v) is 6.00. The highest BCUT2D eigenvalue weighted by Gasteiger charge is 2.31. The third kappa shape index (κ3) is 3.60. The van der Waals surface area contributed by atoms with Crippen molar-refractivity contribution in [2.45, 2.75) is 66.1 Å². The van der Waals surface area contributed by atoms with Crippen LogP contribution in [0.5, 0.6) is 0 Å². The van der Waals surface area contributed by atoms with Crippen LogP contribution in [0.3, 0.4) is 0 Å². The molecule has 0 saturated carbocycles. The fraction of sp³-hybridized carbons (Fsp3) is 0.923.